The van der Waals surface area contributed by atoms with Crippen LogP contribution >= 0.6 is 11.3 Å². The van der Waals surface area contributed by atoms with E-state index in [4.69, 9.17) is 0 Å². The Kier molecular flexibility index (Phi) is 6.77. The van der Waals surface area contributed by atoms with Crippen molar-refractivity contribution in [2.24, 2.45) is 5.92 Å². The van der Waals surface area contributed by atoms with Crippen LogP contribution in [0.2, 0.25) is 0 Å². The van der Waals surface area contributed by atoms with Gasteiger partial charge in [-0.3, -0.25) is 15.1 Å². The first-order chi connectivity index (χ1) is 15.9. The van der Waals surface area contributed by atoms with E-state index in [0.29, 0.717) is 27.5 Å². The van der Waals surface area contributed by atoms with Crippen LogP contribution in [-0.4, -0.2) is 35.5 Å². The fourth-order valence-electron chi connectivity index (χ4n) is 3.34. The van der Waals surface area contributed by atoms with Gasteiger partial charge in [-0.05, 0) is 18.1 Å². The SMILES string of the molecule is CC[C@@H](C)[C@H](NS(=O)(=O)c1cccc2cccnc12)C(=O)Nc1nnc(-c2ccccc2)s1. The fourth-order valence-corrected chi connectivity index (χ4v) is 5.58. The van der Waals surface area contributed by atoms with Gasteiger partial charge in [-0.2, -0.15) is 4.72 Å². The van der Waals surface area contributed by atoms with Crippen LogP contribution in [0.4, 0.5) is 5.13 Å². The Balaban J connectivity index is 1.58. The number of hydrogen-bond acceptors (Lipinski definition) is 7. The van der Waals surface area contributed by atoms with Gasteiger partial charge < -0.3 is 0 Å². The second-order valence-electron chi connectivity index (χ2n) is 7.58. The van der Waals surface area contributed by atoms with Crippen LogP contribution < -0.4 is 10.0 Å². The molecule has 170 valence electrons. The molecule has 0 aliphatic rings. The van der Waals surface area contributed by atoms with E-state index in [1.54, 1.807) is 30.5 Å². The number of benzene rings is 2. The van der Waals surface area contributed by atoms with Gasteiger partial charge in [0, 0.05) is 17.1 Å². The molecule has 2 N–H and O–H groups in total. The Labute approximate surface area is 196 Å². The zero-order valence-electron chi connectivity index (χ0n) is 18.1. The maximum atomic E-state index is 13.3. The van der Waals surface area contributed by atoms with E-state index in [-0.39, 0.29) is 10.8 Å². The van der Waals surface area contributed by atoms with Crippen LogP contribution in [0.1, 0.15) is 20.3 Å². The molecule has 0 bridgehead atoms. The minimum absolute atomic E-state index is 0.0315. The molecule has 8 nitrogen and oxygen atoms in total. The molecule has 0 aliphatic carbocycles. The number of carbonyl (C=O) groups is 1. The third-order valence-corrected chi connectivity index (χ3v) is 7.70. The summed E-state index contributed by atoms with van der Waals surface area (Å²) in [4.78, 5) is 17.4. The van der Waals surface area contributed by atoms with E-state index in [2.05, 4.69) is 25.2 Å². The highest BCUT2D eigenvalue weighted by atomic mass is 32.2. The summed E-state index contributed by atoms with van der Waals surface area (Å²) in [6.45, 7) is 3.72. The number of pyridine rings is 1. The zero-order chi connectivity index (χ0) is 23.4. The molecular weight excluding hydrogens is 458 g/mol. The predicted molar refractivity (Wildman–Crippen MR) is 129 cm³/mol. The van der Waals surface area contributed by atoms with Crippen LogP contribution in [0.15, 0.2) is 71.8 Å². The summed E-state index contributed by atoms with van der Waals surface area (Å²) in [6.07, 6.45) is 2.14. The van der Waals surface area contributed by atoms with Gasteiger partial charge in [0.2, 0.25) is 21.1 Å². The van der Waals surface area contributed by atoms with E-state index in [1.165, 1.54) is 17.4 Å². The Bertz CT molecular complexity index is 1370. The van der Waals surface area contributed by atoms with Gasteiger partial charge in [0.05, 0.1) is 5.52 Å². The molecule has 0 aliphatic heterocycles. The molecule has 0 spiro atoms. The lowest BCUT2D eigenvalue weighted by molar-refractivity contribution is -0.118. The van der Waals surface area contributed by atoms with Crippen molar-refractivity contribution in [3.8, 4) is 10.6 Å². The van der Waals surface area contributed by atoms with Crippen molar-refractivity contribution >= 4 is 43.3 Å². The molecular formula is C23H23N5O3S2. The van der Waals surface area contributed by atoms with E-state index in [0.717, 1.165) is 5.56 Å². The monoisotopic (exact) mass is 481 g/mol. The molecule has 2 aromatic heterocycles. The molecule has 4 aromatic rings. The molecule has 0 saturated carbocycles. The third-order valence-electron chi connectivity index (χ3n) is 5.34. The lowest BCUT2D eigenvalue weighted by Gasteiger charge is -2.23. The quantitative estimate of drug-likeness (QED) is 0.392. The lowest BCUT2D eigenvalue weighted by Crippen LogP contribution is -2.47. The second-order valence-corrected chi connectivity index (χ2v) is 10.2. The number of hydrogen-bond donors (Lipinski definition) is 2. The van der Waals surface area contributed by atoms with Gasteiger partial charge in [-0.25, -0.2) is 8.42 Å². The zero-order valence-corrected chi connectivity index (χ0v) is 19.7. The number of aromatic nitrogens is 3. The molecule has 10 heteroatoms. The normalized spacial score (nSPS) is 13.5. The van der Waals surface area contributed by atoms with Crippen molar-refractivity contribution < 1.29 is 13.2 Å². The summed E-state index contributed by atoms with van der Waals surface area (Å²) < 4.78 is 29.1. The summed E-state index contributed by atoms with van der Waals surface area (Å²) in [5, 5.41) is 12.6. The highest BCUT2D eigenvalue weighted by Crippen LogP contribution is 2.27. The van der Waals surface area contributed by atoms with Crippen LogP contribution in [-0.2, 0) is 14.8 Å². The van der Waals surface area contributed by atoms with Crippen molar-refractivity contribution in [3.63, 3.8) is 0 Å². The average Bonchev–Trinajstić information content (AvgIpc) is 3.30. The van der Waals surface area contributed by atoms with E-state index in [9.17, 15) is 13.2 Å². The predicted octanol–water partition coefficient (Wildman–Crippen LogP) is 4.09. The maximum absolute atomic E-state index is 13.3. The van der Waals surface area contributed by atoms with Crippen molar-refractivity contribution in [2.45, 2.75) is 31.2 Å². The molecule has 0 unspecified atom stereocenters. The van der Waals surface area contributed by atoms with Crippen molar-refractivity contribution in [1.29, 1.82) is 0 Å². The first kappa shape index (κ1) is 23.0. The lowest BCUT2D eigenvalue weighted by atomic mass is 9.99. The minimum Gasteiger partial charge on any atom is -0.299 e. The number of nitrogens with zero attached hydrogens (tertiary/aromatic N) is 3. The topological polar surface area (TPSA) is 114 Å². The standard InChI is InChI=1S/C23H23N5O3S2/c1-3-15(2)19(21(29)25-23-27-26-22(32-23)17-9-5-4-6-10-17)28-33(30,31)18-13-7-11-16-12-8-14-24-20(16)18/h4-15,19,28H,3H2,1-2H3,(H,25,27,29)/t15-,19+/m1/s1. The Morgan fingerprint density at radius 1 is 1.03 bits per heavy atom. The van der Waals surface area contributed by atoms with Gasteiger partial charge in [0.15, 0.2) is 0 Å². The van der Waals surface area contributed by atoms with Crippen molar-refractivity contribution in [1.82, 2.24) is 19.9 Å². The van der Waals surface area contributed by atoms with Gasteiger partial charge >= 0.3 is 0 Å². The Morgan fingerprint density at radius 2 is 1.79 bits per heavy atom. The van der Waals surface area contributed by atoms with E-state index >= 15 is 0 Å². The number of amides is 1. The molecule has 2 atom stereocenters. The maximum Gasteiger partial charge on any atom is 0.244 e. The number of para-hydroxylation sites is 1. The number of rotatable bonds is 8. The molecule has 0 fully saturated rings. The molecule has 2 heterocycles. The van der Waals surface area contributed by atoms with Gasteiger partial charge in [-0.1, -0.05) is 80.1 Å². The van der Waals surface area contributed by atoms with Gasteiger partial charge in [-0.15, -0.1) is 10.2 Å². The van der Waals surface area contributed by atoms with Crippen molar-refractivity contribution in [2.75, 3.05) is 5.32 Å². The smallest absolute Gasteiger partial charge is 0.244 e. The third kappa shape index (κ3) is 5.08. The number of nitrogens with one attached hydrogen (secondary N) is 2. The van der Waals surface area contributed by atoms with E-state index in [1.807, 2.05) is 44.2 Å². The van der Waals surface area contributed by atoms with Gasteiger partial charge in [0.1, 0.15) is 15.9 Å². The number of anilines is 1. The minimum atomic E-state index is -4.02. The van der Waals surface area contributed by atoms with Gasteiger partial charge in [0.25, 0.3) is 0 Å². The Hall–Kier alpha value is -3.21. The number of sulfonamides is 1. The van der Waals surface area contributed by atoms with E-state index < -0.39 is 22.0 Å². The summed E-state index contributed by atoms with van der Waals surface area (Å²) in [6, 6.07) is 17.0. The van der Waals surface area contributed by atoms with Crippen molar-refractivity contribution in [3.05, 3.63) is 66.9 Å². The summed E-state index contributed by atoms with van der Waals surface area (Å²) in [7, 11) is -4.02. The summed E-state index contributed by atoms with van der Waals surface area (Å²) in [5.41, 5.74) is 1.24. The molecule has 4 rings (SSSR count). The van der Waals surface area contributed by atoms with Crippen LogP contribution in [0.3, 0.4) is 0 Å². The fraction of sp³-hybridized carbons (Fsp3) is 0.217. The summed E-state index contributed by atoms with van der Waals surface area (Å²) in [5.74, 6) is -0.749. The molecule has 0 radical (unpaired) electrons. The summed E-state index contributed by atoms with van der Waals surface area (Å²) >= 11 is 1.23. The number of carbonyl (C=O) groups excluding carboxylic acids is 1. The number of fused-ring (bicyclic) bond motifs is 1. The Morgan fingerprint density at radius 3 is 2.55 bits per heavy atom. The molecule has 1 amide bonds. The second kappa shape index (κ2) is 9.74. The van der Waals surface area contributed by atoms with Crippen LogP contribution in [0.25, 0.3) is 21.5 Å². The molecule has 2 aromatic carbocycles. The molecule has 0 saturated heterocycles. The highest BCUT2D eigenvalue weighted by molar-refractivity contribution is 7.89. The average molecular weight is 482 g/mol. The molecule has 33 heavy (non-hydrogen) atoms. The van der Waals surface area contributed by atoms with Crippen LogP contribution in [0.5, 0.6) is 0 Å². The highest BCUT2D eigenvalue weighted by Gasteiger charge is 2.31. The van der Waals surface area contributed by atoms with Crippen LogP contribution in [0, 0.1) is 5.92 Å². The first-order valence-corrected chi connectivity index (χ1v) is 12.7. The largest absolute Gasteiger partial charge is 0.299 e. The first-order valence-electron chi connectivity index (χ1n) is 10.4.